The van der Waals surface area contributed by atoms with Gasteiger partial charge < -0.3 is 9.66 Å². The molecule has 0 spiro atoms. The summed E-state index contributed by atoms with van der Waals surface area (Å²) in [7, 11) is -4.22. The van der Waals surface area contributed by atoms with E-state index in [4.69, 9.17) is 21.5 Å². The number of hydrogen-bond acceptors (Lipinski definition) is 7. The molecule has 0 saturated carbocycles. The van der Waals surface area contributed by atoms with E-state index < -0.39 is 16.1 Å². The second-order valence-electron chi connectivity index (χ2n) is 6.37. The van der Waals surface area contributed by atoms with Crippen LogP contribution in [0.25, 0.3) is 27.3 Å². The first kappa shape index (κ1) is 23.4. The number of carboxylic acids is 1. The number of carbonyl (C=O) groups is 1. The smallest absolute Gasteiger partial charge is 0.300 e. The molecule has 0 radical (unpaired) electrons. The number of aryl methyl sites for hydroxylation is 1. The predicted octanol–water partition coefficient (Wildman–Crippen LogP) is 3.75. The lowest BCUT2D eigenvalue weighted by Crippen LogP contribution is -2.35. The minimum absolute atomic E-state index is 0.264. The molecule has 4 aromatic rings. The first-order valence-corrected chi connectivity index (χ1v) is 12.6. The Morgan fingerprint density at radius 3 is 2.77 bits per heavy atom. The number of hydrogen-bond donors (Lipinski definition) is 1. The summed E-state index contributed by atoms with van der Waals surface area (Å²) >= 11 is 9.35. The van der Waals surface area contributed by atoms with Crippen molar-refractivity contribution >= 4 is 77.7 Å². The molecule has 12 heteroatoms. The fraction of sp³-hybridized carbons (Fsp3) is 0.211. The highest BCUT2D eigenvalue weighted by atomic mass is 35.5. The second-order valence-corrected chi connectivity index (χ2v) is 10.2. The number of thiazole rings is 2. The Hall–Kier alpha value is -2.31. The number of imidazole rings is 1. The van der Waals surface area contributed by atoms with Crippen molar-refractivity contribution in [2.24, 2.45) is 0 Å². The van der Waals surface area contributed by atoms with E-state index in [1.54, 1.807) is 11.3 Å². The molecule has 0 aliphatic carbocycles. The van der Waals surface area contributed by atoms with Crippen LogP contribution in [0.5, 0.6) is 0 Å². The molecule has 1 N–H and O–H groups in total. The number of aliphatic carboxylic acids is 1. The van der Waals surface area contributed by atoms with Gasteiger partial charge >= 0.3 is 0 Å². The molecule has 3 heterocycles. The summed E-state index contributed by atoms with van der Waals surface area (Å²) in [6.45, 7) is 1.53. The van der Waals surface area contributed by atoms with Crippen molar-refractivity contribution in [3.63, 3.8) is 0 Å². The summed E-state index contributed by atoms with van der Waals surface area (Å²) in [5.74, 6) is -1.21. The topological polar surface area (TPSA) is 116 Å². The summed E-state index contributed by atoms with van der Waals surface area (Å²) in [5.41, 5.74) is 1.80. The molecule has 164 valence electrons. The molecular weight excluding hydrogens is 482 g/mol. The Bertz CT molecular complexity index is 1350. The molecular formula is C19H18ClN3O5S3. The molecule has 0 amide bonds. The lowest BCUT2D eigenvalue weighted by Gasteiger charge is -2.04. The molecule has 0 atom stereocenters. The SMILES string of the molecule is CC(=O)O.O=S(=O)([O-])CCC[n+]1c(/C=C/c2c(Cl)nc3sccn23)sc2ccccc21. The van der Waals surface area contributed by atoms with Crippen LogP contribution >= 0.6 is 34.3 Å². The van der Waals surface area contributed by atoms with E-state index in [0.717, 1.165) is 32.8 Å². The Morgan fingerprint density at radius 2 is 2.06 bits per heavy atom. The molecule has 3 aromatic heterocycles. The summed E-state index contributed by atoms with van der Waals surface area (Å²) in [6.07, 6.45) is 6.03. The zero-order valence-electron chi connectivity index (χ0n) is 16.3. The van der Waals surface area contributed by atoms with Gasteiger partial charge in [-0.25, -0.2) is 13.4 Å². The van der Waals surface area contributed by atoms with E-state index in [1.165, 1.54) is 11.3 Å². The number of rotatable bonds is 6. The maximum atomic E-state index is 10.9. The number of benzene rings is 1. The standard InChI is InChI=1S/C17H14ClN3O3S3.C2H4O2/c18-16-13(21-9-10-25-17(21)19-16)6-7-15-20(8-3-11-27(22,23)24)12-4-1-2-5-14(12)26-15;1-2(3)4/h1-2,4-7,9-10H,3,8,11H2;1H3,(H,3,4). The molecule has 0 saturated heterocycles. The van der Waals surface area contributed by atoms with Gasteiger partial charge in [-0.2, -0.15) is 4.57 Å². The van der Waals surface area contributed by atoms with Crippen molar-refractivity contribution < 1.29 is 27.4 Å². The van der Waals surface area contributed by atoms with Crippen LogP contribution in [-0.2, 0) is 21.5 Å². The van der Waals surface area contributed by atoms with E-state index in [9.17, 15) is 13.0 Å². The number of halogens is 1. The minimum atomic E-state index is -4.22. The molecule has 4 rings (SSSR count). The van der Waals surface area contributed by atoms with Crippen molar-refractivity contribution in [2.45, 2.75) is 19.9 Å². The first-order chi connectivity index (χ1) is 14.7. The Balaban J connectivity index is 0.000000628. The van der Waals surface area contributed by atoms with Crippen LogP contribution in [0.15, 0.2) is 35.8 Å². The third-order valence-electron chi connectivity index (χ3n) is 4.05. The highest BCUT2D eigenvalue weighted by molar-refractivity contribution is 7.85. The van der Waals surface area contributed by atoms with Crippen molar-refractivity contribution in [2.75, 3.05) is 5.75 Å². The third-order valence-corrected chi connectivity index (χ3v) is 7.00. The minimum Gasteiger partial charge on any atom is -0.748 e. The van der Waals surface area contributed by atoms with E-state index >= 15 is 0 Å². The number of nitrogens with zero attached hydrogens (tertiary/aromatic N) is 3. The number of carboxylic acid groups (broad SMARTS) is 1. The van der Waals surface area contributed by atoms with Gasteiger partial charge in [0.25, 0.3) is 11.0 Å². The zero-order valence-corrected chi connectivity index (χ0v) is 19.5. The van der Waals surface area contributed by atoms with Gasteiger partial charge in [0.1, 0.15) is 4.70 Å². The van der Waals surface area contributed by atoms with Crippen molar-refractivity contribution in [1.82, 2.24) is 9.38 Å². The molecule has 0 fully saturated rings. The Kier molecular flexibility index (Phi) is 7.44. The maximum Gasteiger partial charge on any atom is 0.300 e. The van der Waals surface area contributed by atoms with Crippen molar-refractivity contribution in [3.8, 4) is 0 Å². The number of para-hydroxylation sites is 1. The van der Waals surface area contributed by atoms with Crippen LogP contribution in [0.1, 0.15) is 24.0 Å². The van der Waals surface area contributed by atoms with Gasteiger partial charge in [-0.1, -0.05) is 35.1 Å². The quantitative estimate of drug-likeness (QED) is 0.319. The first-order valence-electron chi connectivity index (χ1n) is 8.99. The van der Waals surface area contributed by atoms with Gasteiger partial charge in [-0.05, 0) is 12.1 Å². The summed E-state index contributed by atoms with van der Waals surface area (Å²) < 4.78 is 37.8. The Labute approximate surface area is 191 Å². The van der Waals surface area contributed by atoms with Crippen LogP contribution in [0.4, 0.5) is 0 Å². The van der Waals surface area contributed by atoms with Gasteiger partial charge in [0, 0.05) is 42.8 Å². The third kappa shape index (κ3) is 6.11. The zero-order chi connectivity index (χ0) is 22.6. The normalized spacial score (nSPS) is 11.8. The van der Waals surface area contributed by atoms with Crippen LogP contribution < -0.4 is 4.57 Å². The molecule has 8 nitrogen and oxygen atoms in total. The molecule has 0 aliphatic heterocycles. The van der Waals surface area contributed by atoms with Gasteiger partial charge in [0.2, 0.25) is 5.52 Å². The monoisotopic (exact) mass is 499 g/mol. The average molecular weight is 500 g/mol. The molecule has 0 unspecified atom stereocenters. The number of aromatic nitrogens is 3. The van der Waals surface area contributed by atoms with E-state index in [0.29, 0.717) is 11.7 Å². The highest BCUT2D eigenvalue weighted by Gasteiger charge is 2.19. The molecule has 0 aliphatic rings. The largest absolute Gasteiger partial charge is 0.748 e. The lowest BCUT2D eigenvalue weighted by atomic mass is 10.3. The van der Waals surface area contributed by atoms with Crippen molar-refractivity contribution in [3.05, 3.63) is 51.7 Å². The average Bonchev–Trinajstić information content (AvgIpc) is 3.32. The summed E-state index contributed by atoms with van der Waals surface area (Å²) in [4.78, 5) is 14.1. The van der Waals surface area contributed by atoms with E-state index in [2.05, 4.69) is 4.98 Å². The van der Waals surface area contributed by atoms with Crippen LogP contribution in [0, 0.1) is 0 Å². The fourth-order valence-corrected chi connectivity index (χ4v) is 5.46. The fourth-order valence-electron chi connectivity index (χ4n) is 2.88. The van der Waals surface area contributed by atoms with Crippen LogP contribution in [-0.4, -0.2) is 39.2 Å². The van der Waals surface area contributed by atoms with Gasteiger partial charge in [-0.15, -0.1) is 11.3 Å². The van der Waals surface area contributed by atoms with Crippen LogP contribution in [0.2, 0.25) is 5.15 Å². The molecule has 31 heavy (non-hydrogen) atoms. The van der Waals surface area contributed by atoms with Gasteiger partial charge in [-0.3, -0.25) is 9.20 Å². The van der Waals surface area contributed by atoms with Crippen molar-refractivity contribution in [1.29, 1.82) is 0 Å². The summed E-state index contributed by atoms with van der Waals surface area (Å²) in [5, 5.41) is 10.7. The van der Waals surface area contributed by atoms with E-state index in [1.807, 2.05) is 57.0 Å². The molecule has 0 bridgehead atoms. The van der Waals surface area contributed by atoms with E-state index in [-0.39, 0.29) is 12.2 Å². The number of fused-ring (bicyclic) bond motifs is 2. The van der Waals surface area contributed by atoms with Crippen LogP contribution in [0.3, 0.4) is 0 Å². The lowest BCUT2D eigenvalue weighted by molar-refractivity contribution is -0.668. The summed E-state index contributed by atoms with van der Waals surface area (Å²) in [6, 6.07) is 7.90. The highest BCUT2D eigenvalue weighted by Crippen LogP contribution is 2.25. The van der Waals surface area contributed by atoms with Gasteiger partial charge in [0.05, 0.1) is 15.8 Å². The second kappa shape index (κ2) is 9.88. The predicted molar refractivity (Wildman–Crippen MR) is 122 cm³/mol. The maximum absolute atomic E-state index is 10.9. The Morgan fingerprint density at radius 1 is 1.35 bits per heavy atom. The van der Waals surface area contributed by atoms with Gasteiger partial charge in [0.15, 0.2) is 16.7 Å². The molecule has 1 aromatic carbocycles.